The summed E-state index contributed by atoms with van der Waals surface area (Å²) in [6.45, 7) is 7.14. The number of nitrogens with one attached hydrogen (secondary N) is 2. The zero-order valence-electron chi connectivity index (χ0n) is 26.0. The van der Waals surface area contributed by atoms with Gasteiger partial charge < -0.3 is 10.5 Å². The van der Waals surface area contributed by atoms with Gasteiger partial charge in [-0.15, -0.1) is 0 Å². The first-order valence-corrected chi connectivity index (χ1v) is 15.4. The molecule has 4 N–H and O–H groups in total. The zero-order chi connectivity index (χ0) is 32.2. The van der Waals surface area contributed by atoms with E-state index in [1.54, 1.807) is 12.1 Å². The van der Waals surface area contributed by atoms with E-state index in [1.807, 2.05) is 54.6 Å². The molecule has 1 atom stereocenters. The van der Waals surface area contributed by atoms with Gasteiger partial charge in [0.2, 0.25) is 0 Å². The van der Waals surface area contributed by atoms with Crippen molar-refractivity contribution in [3.05, 3.63) is 142 Å². The van der Waals surface area contributed by atoms with Crippen LogP contribution in [0.5, 0.6) is 5.75 Å². The maximum absolute atomic E-state index is 12.3. The van der Waals surface area contributed by atoms with E-state index >= 15 is 0 Å². The number of rotatable bonds is 11. The predicted molar refractivity (Wildman–Crippen MR) is 185 cm³/mol. The van der Waals surface area contributed by atoms with Crippen LogP contribution in [0.1, 0.15) is 70.9 Å². The molecule has 0 aliphatic carbocycles. The van der Waals surface area contributed by atoms with Crippen molar-refractivity contribution in [1.82, 2.24) is 10.9 Å². The summed E-state index contributed by atoms with van der Waals surface area (Å²) in [4.78, 5) is 12.3. The van der Waals surface area contributed by atoms with Crippen LogP contribution in [0.25, 0.3) is 6.08 Å². The Labute approximate surface area is 271 Å². The molecule has 4 aromatic rings. The molecular weight excluding hydrogens is 577 g/mol. The van der Waals surface area contributed by atoms with Crippen LogP contribution in [0, 0.1) is 17.2 Å². The van der Waals surface area contributed by atoms with Gasteiger partial charge in [-0.1, -0.05) is 99.7 Å². The van der Waals surface area contributed by atoms with Gasteiger partial charge in [0.1, 0.15) is 12.4 Å². The van der Waals surface area contributed by atoms with E-state index in [9.17, 15) is 10.1 Å². The lowest BCUT2D eigenvalue weighted by Crippen LogP contribution is -2.44. The smallest absolute Gasteiger partial charge is 0.269 e. The third kappa shape index (κ3) is 10.3. The summed E-state index contributed by atoms with van der Waals surface area (Å²) in [6, 6.07) is 34.2. The van der Waals surface area contributed by atoms with Crippen LogP contribution in [-0.4, -0.2) is 11.0 Å². The normalized spacial score (nSPS) is 11.9. The van der Waals surface area contributed by atoms with Crippen molar-refractivity contribution in [2.75, 3.05) is 0 Å². The number of aryl methyl sites for hydroxylation is 1. The maximum atomic E-state index is 12.3. The van der Waals surface area contributed by atoms with E-state index < -0.39 is 0 Å². The Hall–Kier alpha value is -4.93. The summed E-state index contributed by atoms with van der Waals surface area (Å²) in [7, 11) is 0. The highest BCUT2D eigenvalue weighted by Gasteiger charge is 2.13. The average molecular weight is 617 g/mol. The number of nitrogens with two attached hydrogens (primary N) is 1. The number of carbonyl (C=O) groups excluding carboxylic acids is 1. The average Bonchev–Trinajstić information content (AvgIpc) is 3.04. The predicted octanol–water partition coefficient (Wildman–Crippen LogP) is 7.42. The third-order valence-electron chi connectivity index (χ3n) is 7.58. The van der Waals surface area contributed by atoms with E-state index in [2.05, 4.69) is 80.2 Å². The largest absolute Gasteiger partial charge is 0.488 e. The number of thiocarbonyl (C=S) groups is 1. The number of hydrogen-bond acceptors (Lipinski definition) is 4. The fourth-order valence-corrected chi connectivity index (χ4v) is 4.95. The number of hydrogen-bond donors (Lipinski definition) is 3. The van der Waals surface area contributed by atoms with Gasteiger partial charge in [0.05, 0.1) is 11.6 Å². The van der Waals surface area contributed by atoms with Gasteiger partial charge in [-0.25, -0.2) is 0 Å². The summed E-state index contributed by atoms with van der Waals surface area (Å²) >= 11 is 4.73. The lowest BCUT2D eigenvalue weighted by atomic mass is 9.87. The molecule has 0 fully saturated rings. The third-order valence-corrected chi connectivity index (χ3v) is 7.68. The van der Waals surface area contributed by atoms with Gasteiger partial charge in [0.15, 0.2) is 5.11 Å². The molecule has 0 bridgehead atoms. The molecule has 0 aromatic heterocycles. The van der Waals surface area contributed by atoms with E-state index in [4.69, 9.17) is 22.7 Å². The maximum Gasteiger partial charge on any atom is 0.269 e. The van der Waals surface area contributed by atoms with E-state index in [1.165, 1.54) is 11.1 Å². The lowest BCUT2D eigenvalue weighted by Gasteiger charge is -2.19. The number of allylic oxidation sites excluding steroid dienone is 1. The number of para-hydroxylation sites is 1. The number of carbonyl (C=O) groups is 1. The number of hydrazine groups is 1. The Bertz CT molecular complexity index is 1650. The van der Waals surface area contributed by atoms with E-state index in [0.717, 1.165) is 41.7 Å². The van der Waals surface area contributed by atoms with Gasteiger partial charge in [-0.3, -0.25) is 15.6 Å². The second-order valence-corrected chi connectivity index (χ2v) is 12.5. The van der Waals surface area contributed by atoms with E-state index in [-0.39, 0.29) is 22.4 Å². The van der Waals surface area contributed by atoms with Crippen molar-refractivity contribution in [3.8, 4) is 11.8 Å². The molecule has 230 valence electrons. The van der Waals surface area contributed by atoms with Crippen molar-refractivity contribution in [1.29, 1.82) is 5.26 Å². The first-order chi connectivity index (χ1) is 21.6. The topological polar surface area (TPSA) is 100 Å². The van der Waals surface area contributed by atoms with Crippen LogP contribution in [0.4, 0.5) is 0 Å². The SMILES string of the molecule is CC(C)(C)c1ccc(COc2ccccc2C=CC(CCc2ccc(C(=O)NNC(N)=S)cc2)Cc2ccc(C#N)cc2)cc1. The van der Waals surface area contributed by atoms with E-state index in [0.29, 0.717) is 17.7 Å². The van der Waals surface area contributed by atoms with Gasteiger partial charge in [-0.2, -0.15) is 5.26 Å². The lowest BCUT2D eigenvalue weighted by molar-refractivity contribution is 0.0944. The summed E-state index contributed by atoms with van der Waals surface area (Å²) in [5.74, 6) is 0.761. The molecule has 0 saturated heterocycles. The Kier molecular flexibility index (Phi) is 11.5. The molecule has 0 radical (unpaired) electrons. The van der Waals surface area contributed by atoms with Gasteiger partial charge in [0, 0.05) is 11.1 Å². The first kappa shape index (κ1) is 33.0. The Morgan fingerprint density at radius 2 is 1.56 bits per heavy atom. The van der Waals surface area contributed by atoms with Gasteiger partial charge >= 0.3 is 0 Å². The van der Waals surface area contributed by atoms with Crippen LogP contribution >= 0.6 is 12.2 Å². The zero-order valence-corrected chi connectivity index (χ0v) is 26.9. The van der Waals surface area contributed by atoms with Crippen molar-refractivity contribution < 1.29 is 9.53 Å². The van der Waals surface area contributed by atoms with Crippen LogP contribution in [0.15, 0.2) is 103 Å². The monoisotopic (exact) mass is 616 g/mol. The molecule has 45 heavy (non-hydrogen) atoms. The molecule has 1 amide bonds. The molecule has 4 aromatic carbocycles. The Balaban J connectivity index is 1.46. The first-order valence-electron chi connectivity index (χ1n) is 15.0. The van der Waals surface area contributed by atoms with Crippen molar-refractivity contribution in [2.45, 2.75) is 52.1 Å². The van der Waals surface area contributed by atoms with Crippen LogP contribution in [-0.2, 0) is 24.9 Å². The molecule has 0 spiro atoms. The Morgan fingerprint density at radius 1 is 0.911 bits per heavy atom. The summed E-state index contributed by atoms with van der Waals surface area (Å²) in [5, 5.41) is 9.21. The highest BCUT2D eigenvalue weighted by molar-refractivity contribution is 7.80. The highest BCUT2D eigenvalue weighted by atomic mass is 32.1. The van der Waals surface area contributed by atoms with Crippen LogP contribution in [0.3, 0.4) is 0 Å². The quantitative estimate of drug-likeness (QED) is 0.120. The number of ether oxygens (including phenoxy) is 1. The molecule has 1 unspecified atom stereocenters. The Morgan fingerprint density at radius 3 is 2.20 bits per heavy atom. The summed E-state index contributed by atoms with van der Waals surface area (Å²) in [6.07, 6.45) is 6.96. The molecule has 0 aliphatic rings. The minimum absolute atomic E-state index is 0.00131. The molecule has 6 nitrogen and oxygen atoms in total. The van der Waals surface area contributed by atoms with Crippen molar-refractivity contribution >= 4 is 29.3 Å². The number of amides is 1. The number of nitriles is 1. The number of benzene rings is 4. The van der Waals surface area contributed by atoms with Gasteiger partial charge in [-0.05, 0) is 95.4 Å². The summed E-state index contributed by atoms with van der Waals surface area (Å²) in [5.41, 5.74) is 17.3. The minimum atomic E-state index is -0.307. The molecule has 4 rings (SSSR count). The van der Waals surface area contributed by atoms with Gasteiger partial charge in [0.25, 0.3) is 5.91 Å². The van der Waals surface area contributed by atoms with Crippen molar-refractivity contribution in [3.63, 3.8) is 0 Å². The van der Waals surface area contributed by atoms with Crippen LogP contribution in [0.2, 0.25) is 0 Å². The second kappa shape index (κ2) is 15.7. The number of nitrogens with zero attached hydrogens (tertiary/aromatic N) is 1. The molecule has 0 aliphatic heterocycles. The minimum Gasteiger partial charge on any atom is -0.488 e. The molecular formula is C38H40N4O2S. The highest BCUT2D eigenvalue weighted by Crippen LogP contribution is 2.26. The fraction of sp³-hybridized carbons (Fsp3) is 0.237. The van der Waals surface area contributed by atoms with Crippen molar-refractivity contribution in [2.24, 2.45) is 11.7 Å². The molecule has 0 heterocycles. The molecule has 7 heteroatoms. The molecule has 0 saturated carbocycles. The summed E-state index contributed by atoms with van der Waals surface area (Å²) < 4.78 is 6.28. The fourth-order valence-electron chi connectivity index (χ4n) is 4.90. The van der Waals surface area contributed by atoms with Crippen LogP contribution < -0.4 is 21.3 Å². The second-order valence-electron chi connectivity index (χ2n) is 12.1. The standard InChI is InChI=1S/C38H40N4O2S/c1-38(2,3)34-22-17-31(18-23-34)26-44-35-7-5-4-6-32(35)19-16-29(24-28-10-12-30(25-39)13-11-28)9-8-27-14-20-33(21-15-27)36(43)41-42-37(40)45/h4-7,10-23,29H,8-9,24,26H2,1-3H3,(H,41,43)(H3,40,42,45).